The summed E-state index contributed by atoms with van der Waals surface area (Å²) in [6, 6.07) is 13.9. The molecule has 1 atom stereocenters. The van der Waals surface area contributed by atoms with Gasteiger partial charge in [0, 0.05) is 28.8 Å². The number of amides is 1. The van der Waals surface area contributed by atoms with Crippen LogP contribution in [0.2, 0.25) is 0 Å². The Bertz CT molecular complexity index is 700. The quantitative estimate of drug-likeness (QED) is 0.706. The lowest BCUT2D eigenvalue weighted by atomic mass is 10.0. The van der Waals surface area contributed by atoms with Crippen LogP contribution in [0, 0.1) is 9.39 Å². The second-order valence-corrected chi connectivity index (χ2v) is 7.18. The molecule has 1 amide bonds. The summed E-state index contributed by atoms with van der Waals surface area (Å²) in [7, 11) is 0. The number of hydrogen-bond acceptors (Lipinski definition) is 3. The molecule has 0 bridgehead atoms. The Morgan fingerprint density at radius 1 is 1.12 bits per heavy atom. The molecule has 2 aromatic carbocycles. The monoisotopic (exact) mass is 454 g/mol. The summed E-state index contributed by atoms with van der Waals surface area (Å²) >= 11 is 2.21. The number of halogens is 2. The van der Waals surface area contributed by atoms with Gasteiger partial charge in [-0.1, -0.05) is 12.1 Å². The topological polar surface area (TPSA) is 41.6 Å². The van der Waals surface area contributed by atoms with E-state index in [0.717, 1.165) is 22.2 Å². The van der Waals surface area contributed by atoms with E-state index in [2.05, 4.69) is 32.8 Å². The molecule has 6 heteroatoms. The van der Waals surface area contributed by atoms with Crippen molar-refractivity contribution in [3.05, 3.63) is 69.0 Å². The molecule has 0 aromatic heterocycles. The summed E-state index contributed by atoms with van der Waals surface area (Å²) < 4.78 is 19.8. The predicted octanol–water partition coefficient (Wildman–Crippen LogP) is 3.23. The molecule has 25 heavy (non-hydrogen) atoms. The van der Waals surface area contributed by atoms with E-state index in [-0.39, 0.29) is 17.8 Å². The molecular weight excluding hydrogens is 434 g/mol. The highest BCUT2D eigenvalue weighted by molar-refractivity contribution is 14.1. The van der Waals surface area contributed by atoms with Crippen molar-refractivity contribution in [2.75, 3.05) is 32.8 Å². The molecule has 1 saturated heterocycles. The first kappa shape index (κ1) is 18.3. The fourth-order valence-electron chi connectivity index (χ4n) is 2.92. The fraction of sp³-hybridized carbons (Fsp3) is 0.316. The summed E-state index contributed by atoms with van der Waals surface area (Å²) in [6.07, 6.45) is 0. The lowest BCUT2D eigenvalue weighted by molar-refractivity contribution is 0.0162. The zero-order valence-electron chi connectivity index (χ0n) is 13.8. The van der Waals surface area contributed by atoms with Gasteiger partial charge >= 0.3 is 0 Å². The fourth-order valence-corrected chi connectivity index (χ4v) is 3.28. The van der Waals surface area contributed by atoms with E-state index in [9.17, 15) is 9.18 Å². The van der Waals surface area contributed by atoms with Crippen LogP contribution in [0.1, 0.15) is 22.0 Å². The number of nitrogens with zero attached hydrogens (tertiary/aromatic N) is 1. The summed E-state index contributed by atoms with van der Waals surface area (Å²) in [4.78, 5) is 14.7. The smallest absolute Gasteiger partial charge is 0.251 e. The standard InChI is InChI=1S/C19H20FIN2O2/c20-16-5-1-14(2-6-16)18(23-9-11-25-12-10-23)13-22-19(24)15-3-7-17(21)8-4-15/h1-8,18H,9-13H2,(H,22,24)/t18-/m1/s1. The third-order valence-corrected chi connectivity index (χ3v) is 5.02. The average molecular weight is 454 g/mol. The number of morpholine rings is 1. The van der Waals surface area contributed by atoms with Crippen molar-refractivity contribution in [1.29, 1.82) is 0 Å². The maximum absolute atomic E-state index is 13.3. The number of carbonyl (C=O) groups is 1. The van der Waals surface area contributed by atoms with Crippen molar-refractivity contribution in [3.63, 3.8) is 0 Å². The molecule has 132 valence electrons. The first-order valence-corrected chi connectivity index (χ1v) is 9.32. The lowest BCUT2D eigenvalue weighted by Gasteiger charge is -2.35. The van der Waals surface area contributed by atoms with E-state index in [0.29, 0.717) is 25.3 Å². The largest absolute Gasteiger partial charge is 0.379 e. The zero-order valence-corrected chi connectivity index (χ0v) is 15.9. The van der Waals surface area contributed by atoms with Crippen LogP contribution in [0.5, 0.6) is 0 Å². The van der Waals surface area contributed by atoms with Crippen LogP contribution < -0.4 is 5.32 Å². The van der Waals surface area contributed by atoms with Gasteiger partial charge in [-0.05, 0) is 64.6 Å². The molecule has 1 N–H and O–H groups in total. The molecule has 0 radical (unpaired) electrons. The van der Waals surface area contributed by atoms with Crippen LogP contribution >= 0.6 is 22.6 Å². The summed E-state index contributed by atoms with van der Waals surface area (Å²) in [5.41, 5.74) is 1.63. The highest BCUT2D eigenvalue weighted by Gasteiger charge is 2.23. The van der Waals surface area contributed by atoms with Crippen LogP contribution in [0.15, 0.2) is 48.5 Å². The van der Waals surface area contributed by atoms with Gasteiger partial charge in [-0.15, -0.1) is 0 Å². The molecule has 0 saturated carbocycles. The van der Waals surface area contributed by atoms with E-state index < -0.39 is 0 Å². The van der Waals surface area contributed by atoms with Gasteiger partial charge in [-0.3, -0.25) is 9.69 Å². The molecule has 0 spiro atoms. The third kappa shape index (κ3) is 4.99. The number of rotatable bonds is 5. The van der Waals surface area contributed by atoms with Crippen LogP contribution in [-0.2, 0) is 4.74 Å². The molecule has 1 heterocycles. The van der Waals surface area contributed by atoms with Crippen LogP contribution in [0.25, 0.3) is 0 Å². The van der Waals surface area contributed by atoms with Gasteiger partial charge in [0.2, 0.25) is 0 Å². The normalized spacial score (nSPS) is 16.4. The maximum atomic E-state index is 13.3. The first-order chi connectivity index (χ1) is 12.1. The molecule has 4 nitrogen and oxygen atoms in total. The molecule has 0 aliphatic carbocycles. The van der Waals surface area contributed by atoms with Crippen LogP contribution in [0.3, 0.4) is 0 Å². The zero-order chi connectivity index (χ0) is 17.6. The van der Waals surface area contributed by atoms with Crippen molar-refractivity contribution in [3.8, 4) is 0 Å². The van der Waals surface area contributed by atoms with Gasteiger partial charge in [0.25, 0.3) is 5.91 Å². The summed E-state index contributed by atoms with van der Waals surface area (Å²) in [5, 5.41) is 3.01. The Hall–Kier alpha value is -1.51. The van der Waals surface area contributed by atoms with Crippen LogP contribution in [0.4, 0.5) is 4.39 Å². The van der Waals surface area contributed by atoms with Gasteiger partial charge in [-0.25, -0.2) is 4.39 Å². The molecular formula is C19H20FIN2O2. The lowest BCUT2D eigenvalue weighted by Crippen LogP contribution is -2.43. The Kier molecular flexibility index (Phi) is 6.39. The minimum Gasteiger partial charge on any atom is -0.379 e. The van der Waals surface area contributed by atoms with Gasteiger partial charge in [0.05, 0.1) is 19.3 Å². The highest BCUT2D eigenvalue weighted by atomic mass is 127. The Morgan fingerprint density at radius 2 is 1.76 bits per heavy atom. The second kappa shape index (κ2) is 8.73. The molecule has 1 fully saturated rings. The van der Waals surface area contributed by atoms with Crippen LogP contribution in [-0.4, -0.2) is 43.7 Å². The van der Waals surface area contributed by atoms with Gasteiger partial charge < -0.3 is 10.1 Å². The van der Waals surface area contributed by atoms with Gasteiger partial charge in [0.15, 0.2) is 0 Å². The van der Waals surface area contributed by atoms with E-state index in [1.807, 2.05) is 24.3 Å². The molecule has 2 aromatic rings. The van der Waals surface area contributed by atoms with Crippen molar-refractivity contribution >= 4 is 28.5 Å². The molecule has 1 aliphatic heterocycles. The highest BCUT2D eigenvalue weighted by Crippen LogP contribution is 2.22. The minimum absolute atomic E-state index is 0.00250. The van der Waals surface area contributed by atoms with Gasteiger partial charge in [-0.2, -0.15) is 0 Å². The second-order valence-electron chi connectivity index (χ2n) is 5.93. The number of carbonyl (C=O) groups excluding carboxylic acids is 1. The Labute approximate surface area is 160 Å². The summed E-state index contributed by atoms with van der Waals surface area (Å²) in [5.74, 6) is -0.357. The maximum Gasteiger partial charge on any atom is 0.251 e. The third-order valence-electron chi connectivity index (χ3n) is 4.30. The van der Waals surface area contributed by atoms with E-state index in [1.165, 1.54) is 12.1 Å². The molecule has 1 aliphatic rings. The Morgan fingerprint density at radius 3 is 2.40 bits per heavy atom. The van der Waals surface area contributed by atoms with Crippen molar-refractivity contribution in [1.82, 2.24) is 10.2 Å². The molecule has 3 rings (SSSR count). The van der Waals surface area contributed by atoms with Crippen molar-refractivity contribution in [2.24, 2.45) is 0 Å². The van der Waals surface area contributed by atoms with E-state index >= 15 is 0 Å². The van der Waals surface area contributed by atoms with Crippen molar-refractivity contribution in [2.45, 2.75) is 6.04 Å². The van der Waals surface area contributed by atoms with Crippen molar-refractivity contribution < 1.29 is 13.9 Å². The number of hydrogen-bond donors (Lipinski definition) is 1. The minimum atomic E-state index is -0.257. The average Bonchev–Trinajstić information content (AvgIpc) is 2.64. The number of benzene rings is 2. The SMILES string of the molecule is O=C(NC[C@H](c1ccc(F)cc1)N1CCOCC1)c1ccc(I)cc1. The van der Waals surface area contributed by atoms with E-state index in [1.54, 1.807) is 12.1 Å². The number of ether oxygens (including phenoxy) is 1. The summed E-state index contributed by atoms with van der Waals surface area (Å²) in [6.45, 7) is 3.39. The van der Waals surface area contributed by atoms with Gasteiger partial charge in [0.1, 0.15) is 5.82 Å². The molecule has 0 unspecified atom stereocenters. The predicted molar refractivity (Wildman–Crippen MR) is 103 cm³/mol. The van der Waals surface area contributed by atoms with E-state index in [4.69, 9.17) is 4.74 Å². The Balaban J connectivity index is 1.71. The first-order valence-electron chi connectivity index (χ1n) is 8.24. The number of nitrogens with one attached hydrogen (secondary N) is 1.